The molecule has 3 aromatic heterocycles. The predicted octanol–water partition coefficient (Wildman–Crippen LogP) is 4.36. The fourth-order valence-corrected chi connectivity index (χ4v) is 4.47. The maximum atomic E-state index is 4.51. The van der Waals surface area contributed by atoms with Crippen LogP contribution in [0.15, 0.2) is 79.1 Å². The van der Waals surface area contributed by atoms with Gasteiger partial charge in [-0.25, -0.2) is 0 Å². The summed E-state index contributed by atoms with van der Waals surface area (Å²) in [4.78, 5) is 9.30. The number of hydrogen-bond acceptors (Lipinski definition) is 5. The van der Waals surface area contributed by atoms with Crippen LogP contribution in [0.3, 0.4) is 0 Å². The summed E-state index contributed by atoms with van der Waals surface area (Å²) in [6, 6.07) is 23.2. The topological polar surface area (TPSA) is 49.6 Å². The second-order valence-electron chi connectivity index (χ2n) is 8.38. The molecule has 6 nitrogen and oxygen atoms in total. The van der Waals surface area contributed by atoms with Crippen molar-refractivity contribution in [2.45, 2.75) is 0 Å². The molecule has 0 unspecified atom stereocenters. The van der Waals surface area contributed by atoms with Gasteiger partial charge in [0.1, 0.15) is 0 Å². The zero-order valence-corrected chi connectivity index (χ0v) is 18.0. The third-order valence-electron chi connectivity index (χ3n) is 6.37. The van der Waals surface area contributed by atoms with E-state index in [1.165, 1.54) is 11.3 Å². The first kappa shape index (κ1) is 19.0. The SMILES string of the molecule is CN1CCN(c2ccc(-c3ccn4c(-c5ccnc6ccccc56)nnc4c3)cc2)CC1. The van der Waals surface area contributed by atoms with Crippen LogP contribution < -0.4 is 4.90 Å². The molecule has 1 saturated heterocycles. The second kappa shape index (κ2) is 7.73. The maximum absolute atomic E-state index is 4.51. The molecule has 0 saturated carbocycles. The molecule has 5 aromatic rings. The highest BCUT2D eigenvalue weighted by atomic mass is 15.3. The molecule has 0 bridgehead atoms. The van der Waals surface area contributed by atoms with Crippen molar-refractivity contribution in [1.29, 1.82) is 0 Å². The number of piperazine rings is 1. The number of para-hydroxylation sites is 1. The first-order valence-corrected chi connectivity index (χ1v) is 11.0. The number of likely N-dealkylation sites (N-methyl/N-ethyl adjacent to an activating group) is 1. The van der Waals surface area contributed by atoms with Crippen molar-refractivity contribution in [2.75, 3.05) is 38.1 Å². The fourth-order valence-electron chi connectivity index (χ4n) is 4.47. The van der Waals surface area contributed by atoms with Crippen molar-refractivity contribution < 1.29 is 0 Å². The van der Waals surface area contributed by atoms with Gasteiger partial charge in [0.2, 0.25) is 0 Å². The number of aromatic nitrogens is 4. The molecule has 0 aliphatic carbocycles. The van der Waals surface area contributed by atoms with Gasteiger partial charge in [-0.1, -0.05) is 30.3 Å². The van der Waals surface area contributed by atoms with E-state index >= 15 is 0 Å². The number of pyridine rings is 2. The Kier molecular flexibility index (Phi) is 4.58. The molecular weight excluding hydrogens is 396 g/mol. The van der Waals surface area contributed by atoms with Crippen LogP contribution in [-0.2, 0) is 0 Å². The van der Waals surface area contributed by atoms with Gasteiger partial charge in [0.25, 0.3) is 0 Å². The molecular formula is C26H24N6. The van der Waals surface area contributed by atoms with Gasteiger partial charge in [-0.05, 0) is 54.6 Å². The molecule has 2 aromatic carbocycles. The average Bonchev–Trinajstić information content (AvgIpc) is 3.27. The Morgan fingerprint density at radius 3 is 2.44 bits per heavy atom. The Morgan fingerprint density at radius 1 is 0.781 bits per heavy atom. The van der Waals surface area contributed by atoms with Crippen molar-refractivity contribution >= 4 is 22.2 Å². The van der Waals surface area contributed by atoms with Crippen LogP contribution in [-0.4, -0.2) is 57.7 Å². The lowest BCUT2D eigenvalue weighted by Gasteiger charge is -2.34. The van der Waals surface area contributed by atoms with E-state index in [0.717, 1.165) is 59.7 Å². The summed E-state index contributed by atoms with van der Waals surface area (Å²) in [5, 5.41) is 10.0. The Balaban J connectivity index is 1.33. The third-order valence-corrected chi connectivity index (χ3v) is 6.37. The van der Waals surface area contributed by atoms with E-state index in [2.05, 4.69) is 80.7 Å². The molecule has 1 aliphatic heterocycles. The summed E-state index contributed by atoms with van der Waals surface area (Å²) in [7, 11) is 2.18. The van der Waals surface area contributed by atoms with Gasteiger partial charge >= 0.3 is 0 Å². The van der Waals surface area contributed by atoms with E-state index in [9.17, 15) is 0 Å². The molecule has 4 heterocycles. The molecule has 158 valence electrons. The van der Waals surface area contributed by atoms with E-state index in [0.29, 0.717) is 0 Å². The normalized spacial score (nSPS) is 15.0. The standard InChI is InChI=1S/C26H24N6/c1-30-14-16-31(17-15-30)21-8-6-19(7-9-21)20-11-13-32-25(18-20)28-29-26(32)23-10-12-27-24-5-3-2-4-22(23)24/h2-13,18H,14-17H2,1H3. The monoisotopic (exact) mass is 420 g/mol. The summed E-state index contributed by atoms with van der Waals surface area (Å²) in [6.45, 7) is 4.38. The van der Waals surface area contributed by atoms with E-state index in [-0.39, 0.29) is 0 Å². The minimum atomic E-state index is 0.829. The lowest BCUT2D eigenvalue weighted by Crippen LogP contribution is -2.44. The lowest BCUT2D eigenvalue weighted by molar-refractivity contribution is 0.313. The zero-order chi connectivity index (χ0) is 21.5. The number of rotatable bonds is 3. The smallest absolute Gasteiger partial charge is 0.169 e. The third kappa shape index (κ3) is 3.29. The molecule has 0 radical (unpaired) electrons. The van der Waals surface area contributed by atoms with E-state index in [1.54, 1.807) is 0 Å². The highest BCUT2D eigenvalue weighted by Gasteiger charge is 2.15. The van der Waals surface area contributed by atoms with Gasteiger partial charge in [0.05, 0.1) is 5.52 Å². The molecule has 6 heteroatoms. The average molecular weight is 421 g/mol. The minimum Gasteiger partial charge on any atom is -0.369 e. The zero-order valence-electron chi connectivity index (χ0n) is 18.0. The van der Waals surface area contributed by atoms with Crippen molar-refractivity contribution in [1.82, 2.24) is 24.5 Å². The van der Waals surface area contributed by atoms with Crippen LogP contribution in [0.25, 0.3) is 39.1 Å². The van der Waals surface area contributed by atoms with Crippen molar-refractivity contribution in [3.8, 4) is 22.5 Å². The van der Waals surface area contributed by atoms with Gasteiger partial charge in [-0.15, -0.1) is 10.2 Å². The highest BCUT2D eigenvalue weighted by Crippen LogP contribution is 2.29. The van der Waals surface area contributed by atoms with Gasteiger partial charge in [-0.3, -0.25) is 9.38 Å². The molecule has 1 fully saturated rings. The van der Waals surface area contributed by atoms with E-state index in [1.807, 2.05) is 34.9 Å². The summed E-state index contributed by atoms with van der Waals surface area (Å²) in [6.07, 6.45) is 3.89. The maximum Gasteiger partial charge on any atom is 0.169 e. The summed E-state index contributed by atoms with van der Waals surface area (Å²) < 4.78 is 2.05. The van der Waals surface area contributed by atoms with Crippen LogP contribution in [0.5, 0.6) is 0 Å². The Labute approximate surface area is 186 Å². The molecule has 0 amide bonds. The van der Waals surface area contributed by atoms with Crippen molar-refractivity contribution in [3.05, 3.63) is 79.1 Å². The number of hydrogen-bond donors (Lipinski definition) is 0. The summed E-state index contributed by atoms with van der Waals surface area (Å²) >= 11 is 0. The molecule has 6 rings (SSSR count). The van der Waals surface area contributed by atoms with Crippen LogP contribution in [0.1, 0.15) is 0 Å². The second-order valence-corrected chi connectivity index (χ2v) is 8.38. The van der Waals surface area contributed by atoms with Crippen LogP contribution in [0, 0.1) is 0 Å². The number of nitrogens with zero attached hydrogens (tertiary/aromatic N) is 6. The quantitative estimate of drug-likeness (QED) is 0.434. The van der Waals surface area contributed by atoms with Crippen LogP contribution in [0.2, 0.25) is 0 Å². The Hall–Kier alpha value is -3.77. The number of fused-ring (bicyclic) bond motifs is 2. The molecule has 0 spiro atoms. The fraction of sp³-hybridized carbons (Fsp3) is 0.192. The van der Waals surface area contributed by atoms with Crippen LogP contribution >= 0.6 is 0 Å². The van der Waals surface area contributed by atoms with Gasteiger partial charge in [-0.2, -0.15) is 0 Å². The molecule has 0 atom stereocenters. The predicted molar refractivity (Wildman–Crippen MR) is 129 cm³/mol. The van der Waals surface area contributed by atoms with Gasteiger partial charge in [0, 0.05) is 55.2 Å². The van der Waals surface area contributed by atoms with E-state index < -0.39 is 0 Å². The first-order chi connectivity index (χ1) is 15.8. The first-order valence-electron chi connectivity index (χ1n) is 11.0. The van der Waals surface area contributed by atoms with Crippen molar-refractivity contribution in [3.63, 3.8) is 0 Å². The van der Waals surface area contributed by atoms with Gasteiger partial charge in [0.15, 0.2) is 11.5 Å². The van der Waals surface area contributed by atoms with Crippen LogP contribution in [0.4, 0.5) is 5.69 Å². The molecule has 0 N–H and O–H groups in total. The Morgan fingerprint density at radius 2 is 1.59 bits per heavy atom. The number of benzene rings is 2. The Bertz CT molecular complexity index is 1390. The highest BCUT2D eigenvalue weighted by molar-refractivity contribution is 5.92. The molecule has 32 heavy (non-hydrogen) atoms. The van der Waals surface area contributed by atoms with E-state index in [4.69, 9.17) is 0 Å². The summed E-state index contributed by atoms with van der Waals surface area (Å²) in [5.41, 5.74) is 6.44. The lowest BCUT2D eigenvalue weighted by atomic mass is 10.1. The summed E-state index contributed by atoms with van der Waals surface area (Å²) in [5.74, 6) is 0.829. The molecule has 1 aliphatic rings. The van der Waals surface area contributed by atoms with Crippen molar-refractivity contribution in [2.24, 2.45) is 0 Å². The largest absolute Gasteiger partial charge is 0.369 e. The van der Waals surface area contributed by atoms with Gasteiger partial charge < -0.3 is 9.80 Å². The number of anilines is 1. The minimum absolute atomic E-state index is 0.829.